The molecule has 4 rings (SSSR count). The van der Waals surface area contributed by atoms with Crippen molar-refractivity contribution in [3.8, 4) is 11.6 Å². The Hall–Kier alpha value is -2.97. The van der Waals surface area contributed by atoms with Crippen LogP contribution in [0.1, 0.15) is 62.7 Å². The van der Waals surface area contributed by atoms with Crippen LogP contribution in [0.4, 0.5) is 0 Å². The summed E-state index contributed by atoms with van der Waals surface area (Å²) >= 11 is 0. The van der Waals surface area contributed by atoms with Crippen LogP contribution in [-0.4, -0.2) is 37.6 Å². The van der Waals surface area contributed by atoms with Crippen molar-refractivity contribution < 1.29 is 18.3 Å². The number of carbonyl (C=O) groups excluding carboxylic acids is 1. The average Bonchev–Trinajstić information content (AvgIpc) is 3.46. The fourth-order valence-corrected chi connectivity index (χ4v) is 3.16. The number of carbonyl (C=O) groups is 1. The summed E-state index contributed by atoms with van der Waals surface area (Å²) in [6, 6.07) is 3.36. The Labute approximate surface area is 155 Å². The molecule has 0 N–H and O–H groups in total. The second kappa shape index (κ2) is 7.34. The van der Waals surface area contributed by atoms with Gasteiger partial charge < -0.3 is 18.4 Å². The number of likely N-dealkylation sites (tertiary alicyclic amines) is 1. The monoisotopic (exact) mass is 371 g/mol. The second-order valence-corrected chi connectivity index (χ2v) is 6.88. The smallest absolute Gasteiger partial charge is 0.249 e. The third-order valence-corrected chi connectivity index (χ3v) is 4.59. The van der Waals surface area contributed by atoms with Gasteiger partial charge in [0, 0.05) is 25.3 Å². The van der Waals surface area contributed by atoms with Crippen molar-refractivity contribution in [3.63, 3.8) is 0 Å². The lowest BCUT2D eigenvalue weighted by Gasteiger charge is -2.21. The van der Waals surface area contributed by atoms with Gasteiger partial charge >= 0.3 is 0 Å². The van der Waals surface area contributed by atoms with E-state index in [1.165, 1.54) is 0 Å². The van der Waals surface area contributed by atoms with Crippen LogP contribution in [0.15, 0.2) is 31.9 Å². The molecule has 1 aliphatic rings. The zero-order chi connectivity index (χ0) is 18.8. The predicted molar refractivity (Wildman–Crippen MR) is 92.4 cm³/mol. The number of hydrogen-bond donors (Lipinski definition) is 0. The van der Waals surface area contributed by atoms with Gasteiger partial charge in [-0.15, -0.1) is 0 Å². The van der Waals surface area contributed by atoms with Gasteiger partial charge in [-0.3, -0.25) is 4.79 Å². The Morgan fingerprint density at radius 1 is 1.30 bits per heavy atom. The predicted octanol–water partition coefficient (Wildman–Crippen LogP) is 3.13. The van der Waals surface area contributed by atoms with E-state index in [9.17, 15) is 4.79 Å². The lowest BCUT2D eigenvalue weighted by molar-refractivity contribution is -0.132. The van der Waals surface area contributed by atoms with Crippen LogP contribution in [0.2, 0.25) is 0 Å². The number of rotatable bonds is 6. The molecule has 142 valence electrons. The van der Waals surface area contributed by atoms with Crippen LogP contribution in [0.3, 0.4) is 0 Å². The summed E-state index contributed by atoms with van der Waals surface area (Å²) in [5.74, 6) is 2.71. The first-order valence-corrected chi connectivity index (χ1v) is 9.11. The fraction of sp³-hybridized carbons (Fsp3) is 0.500. The summed E-state index contributed by atoms with van der Waals surface area (Å²) in [4.78, 5) is 23.2. The maximum absolute atomic E-state index is 12.7. The van der Waals surface area contributed by atoms with E-state index in [1.54, 1.807) is 23.3 Å². The Morgan fingerprint density at radius 3 is 2.93 bits per heavy atom. The lowest BCUT2D eigenvalue weighted by Crippen LogP contribution is -2.31. The van der Waals surface area contributed by atoms with Gasteiger partial charge in [0.2, 0.25) is 23.5 Å². The molecular formula is C18H21N5O4. The van der Waals surface area contributed by atoms with Crippen LogP contribution >= 0.6 is 0 Å². The van der Waals surface area contributed by atoms with Crippen LogP contribution in [-0.2, 0) is 11.2 Å². The van der Waals surface area contributed by atoms with Crippen molar-refractivity contribution in [1.82, 2.24) is 25.2 Å². The van der Waals surface area contributed by atoms with Crippen molar-refractivity contribution in [1.29, 1.82) is 0 Å². The molecule has 27 heavy (non-hydrogen) atoms. The van der Waals surface area contributed by atoms with E-state index in [2.05, 4.69) is 20.3 Å². The Balaban J connectivity index is 1.38. The first kappa shape index (κ1) is 17.4. The third-order valence-electron chi connectivity index (χ3n) is 4.59. The number of furan rings is 1. The number of nitrogens with zero attached hydrogens (tertiary/aromatic N) is 5. The van der Waals surface area contributed by atoms with Crippen molar-refractivity contribution in [2.75, 3.05) is 6.54 Å². The number of aromatic nitrogens is 4. The first-order chi connectivity index (χ1) is 13.1. The number of aryl methyl sites for hydroxylation is 1. The molecule has 3 aromatic heterocycles. The molecule has 4 heterocycles. The van der Waals surface area contributed by atoms with Gasteiger partial charge in [0.05, 0.1) is 6.26 Å². The molecule has 1 aliphatic heterocycles. The van der Waals surface area contributed by atoms with Gasteiger partial charge in [0.25, 0.3) is 0 Å². The molecule has 0 saturated carbocycles. The summed E-state index contributed by atoms with van der Waals surface area (Å²) in [5, 5.41) is 7.89. The van der Waals surface area contributed by atoms with Crippen LogP contribution in [0.25, 0.3) is 11.6 Å². The standard InChI is InChI=1S/C18H21N5O4/c1-11(2)16-20-18(27-21-16)12-5-3-9-23(12)15(24)8-7-14-19-17(22-26-14)13-6-4-10-25-13/h4,6,10-12H,3,5,7-9H2,1-2H3/t12-/m1/s1. The highest BCUT2D eigenvalue weighted by Gasteiger charge is 2.34. The minimum Gasteiger partial charge on any atom is -0.461 e. The quantitative estimate of drug-likeness (QED) is 0.650. The number of amides is 1. The highest BCUT2D eigenvalue weighted by molar-refractivity contribution is 5.77. The largest absolute Gasteiger partial charge is 0.461 e. The van der Waals surface area contributed by atoms with E-state index < -0.39 is 0 Å². The Morgan fingerprint density at radius 2 is 2.19 bits per heavy atom. The highest BCUT2D eigenvalue weighted by atomic mass is 16.5. The van der Waals surface area contributed by atoms with Crippen molar-refractivity contribution in [2.24, 2.45) is 0 Å². The molecule has 1 amide bonds. The summed E-state index contributed by atoms with van der Waals surface area (Å²) < 4.78 is 15.8. The Bertz CT molecular complexity index is 899. The summed E-state index contributed by atoms with van der Waals surface area (Å²) in [6.07, 6.45) is 3.94. The molecule has 0 unspecified atom stereocenters. The zero-order valence-corrected chi connectivity index (χ0v) is 15.3. The second-order valence-electron chi connectivity index (χ2n) is 6.88. The lowest BCUT2D eigenvalue weighted by atomic mass is 10.2. The van der Waals surface area contributed by atoms with Crippen LogP contribution < -0.4 is 0 Å². The Kier molecular flexibility index (Phi) is 4.74. The van der Waals surface area contributed by atoms with Gasteiger partial charge in [-0.25, -0.2) is 0 Å². The average molecular weight is 371 g/mol. The van der Waals surface area contributed by atoms with E-state index in [0.29, 0.717) is 42.2 Å². The molecular weight excluding hydrogens is 350 g/mol. The van der Waals surface area contributed by atoms with Gasteiger partial charge in [-0.1, -0.05) is 24.2 Å². The summed E-state index contributed by atoms with van der Waals surface area (Å²) in [6.45, 7) is 4.70. The molecule has 9 heteroatoms. The van der Waals surface area contributed by atoms with Crippen molar-refractivity contribution in [3.05, 3.63) is 36.0 Å². The van der Waals surface area contributed by atoms with E-state index in [4.69, 9.17) is 13.5 Å². The van der Waals surface area contributed by atoms with Gasteiger partial charge in [0.1, 0.15) is 6.04 Å². The molecule has 1 fully saturated rings. The topological polar surface area (TPSA) is 111 Å². The molecule has 0 bridgehead atoms. The minimum absolute atomic E-state index is 0.0135. The van der Waals surface area contributed by atoms with Crippen molar-refractivity contribution >= 4 is 5.91 Å². The zero-order valence-electron chi connectivity index (χ0n) is 15.3. The van der Waals surface area contributed by atoms with Crippen LogP contribution in [0.5, 0.6) is 0 Å². The molecule has 9 nitrogen and oxygen atoms in total. The molecule has 0 aliphatic carbocycles. The molecule has 0 spiro atoms. The highest BCUT2D eigenvalue weighted by Crippen LogP contribution is 2.32. The first-order valence-electron chi connectivity index (χ1n) is 9.11. The van der Waals surface area contributed by atoms with E-state index in [0.717, 1.165) is 12.8 Å². The molecule has 0 aromatic carbocycles. The molecule has 0 radical (unpaired) electrons. The minimum atomic E-state index is -0.154. The maximum Gasteiger partial charge on any atom is 0.249 e. The van der Waals surface area contributed by atoms with E-state index in [1.807, 2.05) is 13.8 Å². The van der Waals surface area contributed by atoms with Gasteiger partial charge in [0.15, 0.2) is 11.6 Å². The van der Waals surface area contributed by atoms with E-state index in [-0.39, 0.29) is 24.3 Å². The van der Waals surface area contributed by atoms with Crippen LogP contribution in [0, 0.1) is 0 Å². The number of hydrogen-bond acceptors (Lipinski definition) is 8. The fourth-order valence-electron chi connectivity index (χ4n) is 3.16. The van der Waals surface area contributed by atoms with Crippen molar-refractivity contribution in [2.45, 2.75) is 51.5 Å². The van der Waals surface area contributed by atoms with E-state index >= 15 is 0 Å². The SMILES string of the molecule is CC(C)c1noc([C@H]2CCCN2C(=O)CCc2nc(-c3ccco3)no2)n1. The normalized spacial score (nSPS) is 17.1. The molecule has 1 saturated heterocycles. The third kappa shape index (κ3) is 3.62. The summed E-state index contributed by atoms with van der Waals surface area (Å²) in [7, 11) is 0. The molecule has 1 atom stereocenters. The molecule has 3 aromatic rings. The summed E-state index contributed by atoms with van der Waals surface area (Å²) in [5.41, 5.74) is 0. The van der Waals surface area contributed by atoms with Gasteiger partial charge in [-0.2, -0.15) is 9.97 Å². The van der Waals surface area contributed by atoms with Gasteiger partial charge in [-0.05, 0) is 25.0 Å². The maximum atomic E-state index is 12.7.